The summed E-state index contributed by atoms with van der Waals surface area (Å²) in [6, 6.07) is 4.82. The highest BCUT2D eigenvalue weighted by Crippen LogP contribution is 2.27. The van der Waals surface area contributed by atoms with E-state index in [1.807, 2.05) is 18.7 Å². The lowest BCUT2D eigenvalue weighted by Gasteiger charge is -2.36. The molecule has 31 heavy (non-hydrogen) atoms. The Hall–Kier alpha value is -2.39. The minimum absolute atomic E-state index is 0.0910. The second kappa shape index (κ2) is 10.8. The second-order valence-electron chi connectivity index (χ2n) is 8.58. The van der Waals surface area contributed by atoms with Crippen molar-refractivity contribution in [3.63, 3.8) is 0 Å². The van der Waals surface area contributed by atoms with Crippen LogP contribution in [0.2, 0.25) is 0 Å². The van der Waals surface area contributed by atoms with Crippen LogP contribution >= 0.6 is 0 Å². The first-order valence-corrected chi connectivity index (χ1v) is 10.3. The molecule has 1 aliphatic rings. The number of hydrogen-bond acceptors (Lipinski definition) is 6. The predicted octanol–water partition coefficient (Wildman–Crippen LogP) is 1.78. The summed E-state index contributed by atoms with van der Waals surface area (Å²) in [5.41, 5.74) is -1.63. The number of nitrogens with one attached hydrogen (secondary N) is 2. The summed E-state index contributed by atoms with van der Waals surface area (Å²) in [6.07, 6.45) is 0.479. The average Bonchev–Trinajstić information content (AvgIpc) is 2.73. The summed E-state index contributed by atoms with van der Waals surface area (Å²) in [4.78, 5) is 26.7. The largest absolute Gasteiger partial charge is 0.497 e. The first kappa shape index (κ1) is 24.9. The predicted molar refractivity (Wildman–Crippen MR) is 115 cm³/mol. The maximum absolute atomic E-state index is 15.2. The number of nitrogens with zero attached hydrogens (tertiary/aromatic N) is 1. The van der Waals surface area contributed by atoms with Gasteiger partial charge in [-0.05, 0) is 38.8 Å². The van der Waals surface area contributed by atoms with E-state index in [-0.39, 0.29) is 31.8 Å². The normalized spacial score (nSPS) is 16.5. The number of halogens is 1. The molecule has 0 bridgehead atoms. The number of amides is 2. The zero-order valence-corrected chi connectivity index (χ0v) is 19.0. The third-order valence-corrected chi connectivity index (χ3v) is 5.28. The quantitative estimate of drug-likeness (QED) is 0.578. The van der Waals surface area contributed by atoms with Crippen molar-refractivity contribution in [3.8, 4) is 11.5 Å². The molecule has 1 fully saturated rings. The molecule has 0 unspecified atom stereocenters. The number of likely N-dealkylation sites (tertiary alicyclic amines) is 1. The fourth-order valence-corrected chi connectivity index (χ4v) is 3.58. The van der Waals surface area contributed by atoms with Gasteiger partial charge < -0.3 is 24.8 Å². The number of ether oxygens (including phenoxy) is 3. The fraction of sp³-hybridized carbons (Fsp3) is 0.636. The molecule has 0 spiro atoms. The summed E-state index contributed by atoms with van der Waals surface area (Å²) in [5.74, 6) is 0.463. The zero-order chi connectivity index (χ0) is 23.1. The molecule has 1 aromatic rings. The smallest absolute Gasteiger partial charge is 0.251 e. The highest BCUT2D eigenvalue weighted by molar-refractivity contribution is 5.95. The highest BCUT2D eigenvalue weighted by atomic mass is 19.1. The van der Waals surface area contributed by atoms with Gasteiger partial charge in [-0.1, -0.05) is 0 Å². The molecule has 0 aromatic heterocycles. The molecule has 0 radical (unpaired) electrons. The molecule has 0 aliphatic carbocycles. The first-order valence-electron chi connectivity index (χ1n) is 10.3. The molecule has 9 heteroatoms. The van der Waals surface area contributed by atoms with Gasteiger partial charge in [0.2, 0.25) is 5.91 Å². The van der Waals surface area contributed by atoms with Gasteiger partial charge in [0.1, 0.15) is 17.2 Å². The van der Waals surface area contributed by atoms with Crippen LogP contribution in [0.4, 0.5) is 4.39 Å². The van der Waals surface area contributed by atoms with Gasteiger partial charge in [-0.2, -0.15) is 0 Å². The van der Waals surface area contributed by atoms with Crippen LogP contribution in [0.5, 0.6) is 11.5 Å². The van der Waals surface area contributed by atoms with Crippen LogP contribution in [0.3, 0.4) is 0 Å². The number of piperidine rings is 1. The minimum atomic E-state index is -1.51. The maximum atomic E-state index is 15.2. The van der Waals surface area contributed by atoms with Crippen molar-refractivity contribution in [2.24, 2.45) is 0 Å². The van der Waals surface area contributed by atoms with E-state index < -0.39 is 17.1 Å². The van der Waals surface area contributed by atoms with Crippen molar-refractivity contribution in [1.82, 2.24) is 15.5 Å². The van der Waals surface area contributed by atoms with Gasteiger partial charge in [0, 0.05) is 31.8 Å². The molecular formula is C22H34FN3O5. The van der Waals surface area contributed by atoms with E-state index in [1.54, 1.807) is 25.3 Å². The van der Waals surface area contributed by atoms with Crippen LogP contribution in [-0.4, -0.2) is 82.0 Å². The lowest BCUT2D eigenvalue weighted by molar-refractivity contribution is -0.125. The first-order chi connectivity index (χ1) is 14.6. The van der Waals surface area contributed by atoms with Crippen molar-refractivity contribution >= 4 is 11.8 Å². The second-order valence-corrected chi connectivity index (χ2v) is 8.58. The summed E-state index contributed by atoms with van der Waals surface area (Å²) in [5, 5.41) is 5.60. The molecule has 2 N–H and O–H groups in total. The van der Waals surface area contributed by atoms with Crippen molar-refractivity contribution in [3.05, 3.63) is 23.8 Å². The number of methoxy groups -OCH3 is 3. The topological polar surface area (TPSA) is 89.1 Å². The van der Waals surface area contributed by atoms with E-state index in [4.69, 9.17) is 14.2 Å². The van der Waals surface area contributed by atoms with Crippen molar-refractivity contribution in [2.75, 3.05) is 54.1 Å². The summed E-state index contributed by atoms with van der Waals surface area (Å²) < 4.78 is 30.7. The molecule has 2 rings (SSSR count). The highest BCUT2D eigenvalue weighted by Gasteiger charge is 2.35. The Kier molecular flexibility index (Phi) is 8.64. The Morgan fingerprint density at radius 2 is 1.68 bits per heavy atom. The maximum Gasteiger partial charge on any atom is 0.251 e. The molecular weight excluding hydrogens is 405 g/mol. The van der Waals surface area contributed by atoms with Gasteiger partial charge in [-0.25, -0.2) is 4.39 Å². The number of benzene rings is 1. The van der Waals surface area contributed by atoms with E-state index in [0.717, 1.165) is 0 Å². The van der Waals surface area contributed by atoms with Gasteiger partial charge in [0.25, 0.3) is 5.91 Å². The Morgan fingerprint density at radius 1 is 1.10 bits per heavy atom. The van der Waals surface area contributed by atoms with Gasteiger partial charge in [0.15, 0.2) is 0 Å². The Balaban J connectivity index is 1.83. The standard InChI is InChI=1S/C22H34FN3O5/c1-21(2,15-29-3)25-19(27)13-26-8-6-22(23,7-9-26)14-24-20(28)16-10-17(30-4)12-18(11-16)31-5/h10-12H,6-9,13-15H2,1-5H3,(H,24,28)(H,25,27). The number of rotatable bonds is 10. The van der Waals surface area contributed by atoms with Gasteiger partial charge in [-0.3, -0.25) is 14.5 Å². The minimum Gasteiger partial charge on any atom is -0.497 e. The van der Waals surface area contributed by atoms with Crippen LogP contribution < -0.4 is 20.1 Å². The number of carbonyl (C=O) groups excluding carboxylic acids is 2. The summed E-state index contributed by atoms with van der Waals surface area (Å²) in [6.45, 7) is 5.18. The Bertz CT molecular complexity index is 741. The SMILES string of the molecule is COCC(C)(C)NC(=O)CN1CCC(F)(CNC(=O)c2cc(OC)cc(OC)c2)CC1. The molecule has 1 saturated heterocycles. The van der Waals surface area contributed by atoms with Crippen LogP contribution in [-0.2, 0) is 9.53 Å². The van der Waals surface area contributed by atoms with E-state index in [0.29, 0.717) is 36.8 Å². The van der Waals surface area contributed by atoms with Crippen molar-refractivity contribution < 1.29 is 28.2 Å². The third kappa shape index (κ3) is 7.66. The van der Waals surface area contributed by atoms with E-state index in [9.17, 15) is 9.59 Å². The molecule has 1 heterocycles. The molecule has 0 saturated carbocycles. The molecule has 1 aromatic carbocycles. The molecule has 174 valence electrons. The Labute approximate surface area is 183 Å². The van der Waals surface area contributed by atoms with Gasteiger partial charge in [-0.15, -0.1) is 0 Å². The van der Waals surface area contributed by atoms with Crippen molar-refractivity contribution in [2.45, 2.75) is 37.9 Å². The monoisotopic (exact) mass is 439 g/mol. The van der Waals surface area contributed by atoms with Gasteiger partial charge >= 0.3 is 0 Å². The fourth-order valence-electron chi connectivity index (χ4n) is 3.58. The lowest BCUT2D eigenvalue weighted by atomic mass is 9.93. The summed E-state index contributed by atoms with van der Waals surface area (Å²) >= 11 is 0. The van der Waals surface area contributed by atoms with Crippen LogP contribution in [0.15, 0.2) is 18.2 Å². The van der Waals surface area contributed by atoms with Crippen molar-refractivity contribution in [1.29, 1.82) is 0 Å². The number of alkyl halides is 1. The van der Waals surface area contributed by atoms with E-state index in [2.05, 4.69) is 10.6 Å². The number of carbonyl (C=O) groups is 2. The Morgan fingerprint density at radius 3 is 2.19 bits per heavy atom. The van der Waals surface area contributed by atoms with E-state index >= 15 is 4.39 Å². The average molecular weight is 440 g/mol. The van der Waals surface area contributed by atoms with Crippen LogP contribution in [0.1, 0.15) is 37.0 Å². The molecule has 8 nitrogen and oxygen atoms in total. The lowest BCUT2D eigenvalue weighted by Crippen LogP contribution is -2.53. The third-order valence-electron chi connectivity index (χ3n) is 5.28. The van der Waals surface area contributed by atoms with Crippen LogP contribution in [0.25, 0.3) is 0 Å². The summed E-state index contributed by atoms with van der Waals surface area (Å²) in [7, 11) is 4.59. The van der Waals surface area contributed by atoms with Gasteiger partial charge in [0.05, 0.1) is 39.5 Å². The van der Waals surface area contributed by atoms with Crippen LogP contribution in [0, 0.1) is 0 Å². The zero-order valence-electron chi connectivity index (χ0n) is 19.0. The van der Waals surface area contributed by atoms with E-state index in [1.165, 1.54) is 14.2 Å². The molecule has 2 amide bonds. The molecule has 1 aliphatic heterocycles. The molecule has 0 atom stereocenters. The number of hydrogen-bond donors (Lipinski definition) is 2.